The van der Waals surface area contributed by atoms with Gasteiger partial charge in [0.05, 0.1) is 0 Å². The Hall–Kier alpha value is -2.21. The minimum absolute atomic E-state index is 0.0578. The predicted molar refractivity (Wildman–Crippen MR) is 95.3 cm³/mol. The first-order valence-corrected chi connectivity index (χ1v) is 8.92. The largest absolute Gasteiger partial charge is 0.329 e. The highest BCUT2D eigenvalue weighted by Crippen LogP contribution is 2.30. The molecule has 1 saturated carbocycles. The van der Waals surface area contributed by atoms with E-state index in [1.807, 2.05) is 38.1 Å². The lowest BCUT2D eigenvalue weighted by Gasteiger charge is -2.22. The van der Waals surface area contributed by atoms with Crippen molar-refractivity contribution < 1.29 is 9.59 Å². The number of hydrogen-bond acceptors (Lipinski definition) is 4. The van der Waals surface area contributed by atoms with E-state index >= 15 is 0 Å². The molecule has 0 radical (unpaired) electrons. The molecule has 0 atom stereocenters. The summed E-state index contributed by atoms with van der Waals surface area (Å²) >= 11 is 1.43. The number of hydrogen-bond donors (Lipinski definition) is 1. The average molecular weight is 343 g/mol. The molecule has 0 spiro atoms. The van der Waals surface area contributed by atoms with Crippen LogP contribution in [0, 0.1) is 19.8 Å². The highest BCUT2D eigenvalue weighted by Gasteiger charge is 2.29. The lowest BCUT2D eigenvalue weighted by atomic mass is 10.1. The van der Waals surface area contributed by atoms with Crippen molar-refractivity contribution in [2.75, 3.05) is 18.4 Å². The minimum Gasteiger partial charge on any atom is -0.329 e. The molecule has 1 N–H and O–H groups in total. The van der Waals surface area contributed by atoms with Gasteiger partial charge in [-0.3, -0.25) is 9.59 Å². The van der Waals surface area contributed by atoms with E-state index in [0.717, 1.165) is 23.3 Å². The third-order valence-electron chi connectivity index (χ3n) is 4.04. The van der Waals surface area contributed by atoms with Crippen LogP contribution in [0.25, 0.3) is 0 Å². The standard InChI is InChI=1S/C18H21N3O2S/c1-12-5-3-4-6-15(12)17(23)21(10-14-7-8-14)11-16(22)20-18-19-9-13(2)24-18/h3-6,9,14H,7-8,10-11H2,1-2H3,(H,19,20,22). The van der Waals surface area contributed by atoms with Gasteiger partial charge in [0, 0.05) is 23.2 Å². The summed E-state index contributed by atoms with van der Waals surface area (Å²) in [5.74, 6) is 0.241. The monoisotopic (exact) mass is 343 g/mol. The van der Waals surface area contributed by atoms with Crippen molar-refractivity contribution in [1.82, 2.24) is 9.88 Å². The van der Waals surface area contributed by atoms with Crippen LogP contribution in [-0.2, 0) is 4.79 Å². The molecule has 0 bridgehead atoms. The van der Waals surface area contributed by atoms with Crippen molar-refractivity contribution in [2.45, 2.75) is 26.7 Å². The number of aromatic nitrogens is 1. The van der Waals surface area contributed by atoms with E-state index in [4.69, 9.17) is 0 Å². The van der Waals surface area contributed by atoms with Gasteiger partial charge in [0.25, 0.3) is 5.91 Å². The number of rotatable bonds is 6. The van der Waals surface area contributed by atoms with Gasteiger partial charge in [-0.05, 0) is 44.2 Å². The minimum atomic E-state index is -0.202. The molecule has 0 aliphatic heterocycles. The molecule has 1 aromatic carbocycles. The number of benzene rings is 1. The van der Waals surface area contributed by atoms with E-state index in [1.54, 1.807) is 11.1 Å². The molecule has 24 heavy (non-hydrogen) atoms. The van der Waals surface area contributed by atoms with Crippen LogP contribution in [0.2, 0.25) is 0 Å². The highest BCUT2D eigenvalue weighted by molar-refractivity contribution is 7.15. The first kappa shape index (κ1) is 16.6. The normalized spacial score (nSPS) is 13.6. The Kier molecular flexibility index (Phi) is 4.94. The van der Waals surface area contributed by atoms with Crippen molar-refractivity contribution in [3.8, 4) is 0 Å². The number of thiazole rings is 1. The quantitative estimate of drug-likeness (QED) is 0.876. The topological polar surface area (TPSA) is 62.3 Å². The smallest absolute Gasteiger partial charge is 0.254 e. The first-order chi connectivity index (χ1) is 11.5. The third-order valence-corrected chi connectivity index (χ3v) is 4.87. The zero-order valence-corrected chi connectivity index (χ0v) is 14.7. The van der Waals surface area contributed by atoms with Gasteiger partial charge in [0.2, 0.25) is 5.91 Å². The Morgan fingerprint density at radius 2 is 2.04 bits per heavy atom. The Morgan fingerprint density at radius 3 is 2.67 bits per heavy atom. The zero-order chi connectivity index (χ0) is 17.1. The second-order valence-corrected chi connectivity index (χ2v) is 7.50. The molecule has 2 amide bonds. The molecule has 0 saturated heterocycles. The summed E-state index contributed by atoms with van der Waals surface area (Å²) in [6.07, 6.45) is 3.98. The van der Waals surface area contributed by atoms with Gasteiger partial charge >= 0.3 is 0 Å². The first-order valence-electron chi connectivity index (χ1n) is 8.10. The van der Waals surface area contributed by atoms with E-state index in [9.17, 15) is 9.59 Å². The van der Waals surface area contributed by atoms with Crippen LogP contribution in [0.15, 0.2) is 30.5 Å². The average Bonchev–Trinajstić information content (AvgIpc) is 3.27. The van der Waals surface area contributed by atoms with Crippen LogP contribution in [0.1, 0.15) is 33.6 Å². The number of nitrogens with zero attached hydrogens (tertiary/aromatic N) is 2. The molecule has 6 heteroatoms. The van der Waals surface area contributed by atoms with E-state index in [-0.39, 0.29) is 18.4 Å². The summed E-state index contributed by atoms with van der Waals surface area (Å²) in [5.41, 5.74) is 1.59. The van der Waals surface area contributed by atoms with Gasteiger partial charge in [-0.2, -0.15) is 0 Å². The van der Waals surface area contributed by atoms with Crippen LogP contribution < -0.4 is 5.32 Å². The van der Waals surface area contributed by atoms with E-state index in [2.05, 4.69) is 10.3 Å². The van der Waals surface area contributed by atoms with Gasteiger partial charge in [-0.15, -0.1) is 11.3 Å². The maximum absolute atomic E-state index is 12.9. The Bertz CT molecular complexity index is 752. The molecule has 1 aromatic heterocycles. The fourth-order valence-corrected chi connectivity index (χ4v) is 3.24. The zero-order valence-electron chi connectivity index (χ0n) is 13.9. The van der Waals surface area contributed by atoms with Crippen molar-refractivity contribution in [2.24, 2.45) is 5.92 Å². The maximum Gasteiger partial charge on any atom is 0.254 e. The Labute approximate surface area is 145 Å². The second-order valence-electron chi connectivity index (χ2n) is 6.27. The molecule has 1 aliphatic rings. The summed E-state index contributed by atoms with van der Waals surface area (Å²) < 4.78 is 0. The summed E-state index contributed by atoms with van der Waals surface area (Å²) in [6.45, 7) is 4.55. The number of carbonyl (C=O) groups is 2. The molecule has 5 nitrogen and oxygen atoms in total. The highest BCUT2D eigenvalue weighted by atomic mass is 32.1. The van der Waals surface area contributed by atoms with Crippen molar-refractivity contribution in [1.29, 1.82) is 0 Å². The Balaban J connectivity index is 1.70. The summed E-state index contributed by atoms with van der Waals surface area (Å²) in [6, 6.07) is 7.50. The van der Waals surface area contributed by atoms with E-state index < -0.39 is 0 Å². The fraction of sp³-hybridized carbons (Fsp3) is 0.389. The number of nitrogens with one attached hydrogen (secondary N) is 1. The van der Waals surface area contributed by atoms with E-state index in [1.165, 1.54) is 11.3 Å². The molecule has 0 unspecified atom stereocenters. The van der Waals surface area contributed by atoms with Crippen LogP contribution >= 0.6 is 11.3 Å². The molecule has 1 heterocycles. The van der Waals surface area contributed by atoms with E-state index in [0.29, 0.717) is 23.2 Å². The molecular weight excluding hydrogens is 322 g/mol. The van der Waals surface area contributed by atoms with Crippen LogP contribution in [0.5, 0.6) is 0 Å². The van der Waals surface area contributed by atoms with Gasteiger partial charge in [-0.1, -0.05) is 18.2 Å². The Morgan fingerprint density at radius 1 is 1.29 bits per heavy atom. The lowest BCUT2D eigenvalue weighted by Crippen LogP contribution is -2.39. The second kappa shape index (κ2) is 7.13. The molecule has 126 valence electrons. The molecule has 2 aromatic rings. The molecular formula is C18H21N3O2S. The number of anilines is 1. The number of aryl methyl sites for hydroxylation is 2. The van der Waals surface area contributed by atoms with Crippen LogP contribution in [0.4, 0.5) is 5.13 Å². The SMILES string of the molecule is Cc1cnc(NC(=O)CN(CC2CC2)C(=O)c2ccccc2C)s1. The number of carbonyl (C=O) groups excluding carboxylic acids is 2. The molecule has 3 rings (SSSR count). The number of amides is 2. The molecule has 1 aliphatic carbocycles. The predicted octanol–water partition coefficient (Wildman–Crippen LogP) is 3.25. The fourth-order valence-electron chi connectivity index (χ4n) is 2.56. The van der Waals surface area contributed by atoms with Crippen molar-refractivity contribution in [3.05, 3.63) is 46.5 Å². The van der Waals surface area contributed by atoms with Crippen molar-refractivity contribution >= 4 is 28.3 Å². The molecule has 1 fully saturated rings. The lowest BCUT2D eigenvalue weighted by molar-refractivity contribution is -0.116. The van der Waals surface area contributed by atoms with Crippen LogP contribution in [-0.4, -0.2) is 34.8 Å². The van der Waals surface area contributed by atoms with Gasteiger partial charge in [0.1, 0.15) is 6.54 Å². The van der Waals surface area contributed by atoms with Crippen LogP contribution in [0.3, 0.4) is 0 Å². The summed E-state index contributed by atoms with van der Waals surface area (Å²) in [4.78, 5) is 32.0. The maximum atomic E-state index is 12.9. The summed E-state index contributed by atoms with van der Waals surface area (Å²) in [5, 5.41) is 3.36. The van der Waals surface area contributed by atoms with Crippen molar-refractivity contribution in [3.63, 3.8) is 0 Å². The van der Waals surface area contributed by atoms with Gasteiger partial charge < -0.3 is 10.2 Å². The third kappa shape index (κ3) is 4.20. The summed E-state index contributed by atoms with van der Waals surface area (Å²) in [7, 11) is 0. The van der Waals surface area contributed by atoms with Gasteiger partial charge in [-0.25, -0.2) is 4.98 Å². The van der Waals surface area contributed by atoms with Gasteiger partial charge in [0.15, 0.2) is 5.13 Å².